The molecule has 1 N–H and O–H groups in total. The Morgan fingerprint density at radius 1 is 1.14 bits per heavy atom. The standard InChI is InChI=1S/C5H8O2.C4H6O2.Li/c1-4(2)5(6)7-3;1-3(2)4(5)6;/h1H2,2-3H3;1H2,2H3,(H,5,6);. The molecule has 0 aromatic rings. The molecule has 0 amide bonds. The predicted molar refractivity (Wildman–Crippen MR) is 55.0 cm³/mol. The number of rotatable bonds is 2. The summed E-state index contributed by atoms with van der Waals surface area (Å²) in [5, 5.41) is 7.89. The molecule has 0 aliphatic heterocycles. The Bertz CT molecular complexity index is 221. The second kappa shape index (κ2) is 10.1. The van der Waals surface area contributed by atoms with Gasteiger partial charge in [-0.2, -0.15) is 0 Å². The van der Waals surface area contributed by atoms with Crippen molar-refractivity contribution in [3.8, 4) is 0 Å². The van der Waals surface area contributed by atoms with Crippen molar-refractivity contribution in [3.63, 3.8) is 0 Å². The Balaban J connectivity index is -0.000000163. The van der Waals surface area contributed by atoms with Gasteiger partial charge in [0.2, 0.25) is 0 Å². The van der Waals surface area contributed by atoms with E-state index in [0.29, 0.717) is 5.57 Å². The van der Waals surface area contributed by atoms with Crippen molar-refractivity contribution >= 4 is 30.8 Å². The van der Waals surface area contributed by atoms with Crippen LogP contribution in [0.25, 0.3) is 0 Å². The third kappa shape index (κ3) is 13.6. The van der Waals surface area contributed by atoms with Crippen LogP contribution in [0.1, 0.15) is 13.8 Å². The number of hydrogen-bond acceptors (Lipinski definition) is 3. The minimum Gasteiger partial charge on any atom is -0.478 e. The van der Waals surface area contributed by atoms with Gasteiger partial charge in [0.15, 0.2) is 0 Å². The normalized spacial score (nSPS) is 7.07. The van der Waals surface area contributed by atoms with Gasteiger partial charge in [-0.05, 0) is 13.8 Å². The van der Waals surface area contributed by atoms with E-state index in [2.05, 4.69) is 17.9 Å². The molecular weight excluding hydrogens is 179 g/mol. The van der Waals surface area contributed by atoms with Crippen molar-refractivity contribution in [1.82, 2.24) is 0 Å². The monoisotopic (exact) mass is 193 g/mol. The molecule has 0 bridgehead atoms. The van der Waals surface area contributed by atoms with Gasteiger partial charge >= 0.3 is 11.9 Å². The zero-order valence-corrected chi connectivity index (χ0v) is 9.09. The zero-order valence-electron chi connectivity index (χ0n) is 9.09. The summed E-state index contributed by atoms with van der Waals surface area (Å²) in [7, 11) is 1.33. The number of carboxylic acids is 1. The Morgan fingerprint density at radius 3 is 1.43 bits per heavy atom. The summed E-state index contributed by atoms with van der Waals surface area (Å²) in [6, 6.07) is 0. The molecule has 0 unspecified atom stereocenters. The number of carboxylic acid groups (broad SMARTS) is 1. The number of carbonyl (C=O) groups is 2. The second-order valence-electron chi connectivity index (χ2n) is 2.36. The van der Waals surface area contributed by atoms with Gasteiger partial charge in [-0.3, -0.25) is 0 Å². The molecule has 0 atom stereocenters. The SMILES string of the molecule is C=C(C)C(=O)O.C=C(C)C(=O)OC.[Li]. The summed E-state index contributed by atoms with van der Waals surface area (Å²) >= 11 is 0. The maximum Gasteiger partial charge on any atom is 0.332 e. The summed E-state index contributed by atoms with van der Waals surface area (Å²) < 4.78 is 4.27. The van der Waals surface area contributed by atoms with Crippen molar-refractivity contribution in [2.45, 2.75) is 13.8 Å². The fourth-order valence-corrected chi connectivity index (χ4v) is 0.174. The Hall–Kier alpha value is -0.983. The molecule has 14 heavy (non-hydrogen) atoms. The van der Waals surface area contributed by atoms with Gasteiger partial charge < -0.3 is 9.84 Å². The summed E-state index contributed by atoms with van der Waals surface area (Å²) in [5.74, 6) is -1.28. The average molecular weight is 193 g/mol. The smallest absolute Gasteiger partial charge is 0.332 e. The predicted octanol–water partition coefficient (Wildman–Crippen LogP) is 1.00. The summed E-state index contributed by atoms with van der Waals surface area (Å²) in [4.78, 5) is 19.8. The van der Waals surface area contributed by atoms with Crippen LogP contribution in [0.5, 0.6) is 0 Å². The van der Waals surface area contributed by atoms with Gasteiger partial charge in [-0.15, -0.1) is 0 Å². The van der Waals surface area contributed by atoms with Crippen molar-refractivity contribution in [2.24, 2.45) is 0 Å². The summed E-state index contributed by atoms with van der Waals surface area (Å²) in [6.07, 6.45) is 0. The molecule has 75 valence electrons. The molecule has 0 aromatic carbocycles. The second-order valence-corrected chi connectivity index (χ2v) is 2.36. The molecule has 0 aromatic heterocycles. The van der Waals surface area contributed by atoms with Crippen LogP contribution in [0.2, 0.25) is 0 Å². The van der Waals surface area contributed by atoms with Crippen LogP contribution in [0.15, 0.2) is 24.3 Å². The molecule has 0 rings (SSSR count). The van der Waals surface area contributed by atoms with E-state index in [9.17, 15) is 9.59 Å². The summed E-state index contributed by atoms with van der Waals surface area (Å²) in [6.45, 7) is 9.56. The number of aliphatic carboxylic acids is 1. The molecule has 0 spiro atoms. The molecule has 0 fully saturated rings. The maximum absolute atomic E-state index is 10.2. The molecule has 0 saturated carbocycles. The van der Waals surface area contributed by atoms with Crippen LogP contribution >= 0.6 is 0 Å². The van der Waals surface area contributed by atoms with Crippen molar-refractivity contribution in [2.75, 3.05) is 7.11 Å². The molecule has 4 nitrogen and oxygen atoms in total. The Labute approximate surface area is 95.8 Å². The molecule has 0 heterocycles. The van der Waals surface area contributed by atoms with Crippen LogP contribution in [0, 0.1) is 0 Å². The topological polar surface area (TPSA) is 63.6 Å². The summed E-state index contributed by atoms with van der Waals surface area (Å²) in [5.41, 5.74) is 0.609. The van der Waals surface area contributed by atoms with Crippen molar-refractivity contribution in [3.05, 3.63) is 24.3 Å². The fraction of sp³-hybridized carbons (Fsp3) is 0.333. The third-order valence-corrected chi connectivity index (χ3v) is 0.899. The number of esters is 1. The van der Waals surface area contributed by atoms with Gasteiger partial charge in [-0.1, -0.05) is 13.2 Å². The first-order valence-electron chi connectivity index (χ1n) is 3.45. The first-order valence-corrected chi connectivity index (χ1v) is 3.45. The van der Waals surface area contributed by atoms with E-state index in [1.165, 1.54) is 14.0 Å². The largest absolute Gasteiger partial charge is 0.478 e. The molecule has 0 saturated heterocycles. The minimum absolute atomic E-state index is 0. The van der Waals surface area contributed by atoms with E-state index in [4.69, 9.17) is 5.11 Å². The number of ether oxygens (including phenoxy) is 1. The Kier molecular flexibility index (Phi) is 13.5. The van der Waals surface area contributed by atoms with E-state index in [1.54, 1.807) is 6.92 Å². The van der Waals surface area contributed by atoms with Crippen LogP contribution < -0.4 is 0 Å². The first kappa shape index (κ1) is 18.7. The third-order valence-electron chi connectivity index (χ3n) is 0.899. The Morgan fingerprint density at radius 2 is 1.43 bits per heavy atom. The quantitative estimate of drug-likeness (QED) is 0.403. The van der Waals surface area contributed by atoms with Gasteiger partial charge in [0.05, 0.1) is 7.11 Å². The average Bonchev–Trinajstić information content (AvgIpc) is 2.03. The van der Waals surface area contributed by atoms with E-state index >= 15 is 0 Å². The molecular formula is C9H14LiO4. The molecule has 0 aliphatic carbocycles. The van der Waals surface area contributed by atoms with Crippen LogP contribution in [-0.2, 0) is 14.3 Å². The van der Waals surface area contributed by atoms with E-state index in [1.807, 2.05) is 0 Å². The zero-order chi connectivity index (χ0) is 11.0. The first-order chi connectivity index (χ1) is 5.82. The van der Waals surface area contributed by atoms with Crippen LogP contribution in [0.3, 0.4) is 0 Å². The fourth-order valence-electron chi connectivity index (χ4n) is 0.174. The van der Waals surface area contributed by atoms with Gasteiger partial charge in [0, 0.05) is 30.0 Å². The molecule has 1 radical (unpaired) electrons. The van der Waals surface area contributed by atoms with Crippen molar-refractivity contribution < 1.29 is 19.4 Å². The van der Waals surface area contributed by atoms with E-state index in [0.717, 1.165) is 0 Å². The van der Waals surface area contributed by atoms with Crippen LogP contribution in [0.4, 0.5) is 0 Å². The van der Waals surface area contributed by atoms with Crippen LogP contribution in [-0.4, -0.2) is 43.0 Å². The van der Waals surface area contributed by atoms with Gasteiger partial charge in [-0.25, -0.2) is 9.59 Å². The minimum atomic E-state index is -0.935. The van der Waals surface area contributed by atoms with Gasteiger partial charge in [0.1, 0.15) is 0 Å². The van der Waals surface area contributed by atoms with E-state index in [-0.39, 0.29) is 30.4 Å². The van der Waals surface area contributed by atoms with Crippen molar-refractivity contribution in [1.29, 1.82) is 0 Å². The van der Waals surface area contributed by atoms with E-state index < -0.39 is 5.97 Å². The molecule has 0 aliphatic rings. The number of methoxy groups -OCH3 is 1. The molecule has 5 heteroatoms. The van der Waals surface area contributed by atoms with Gasteiger partial charge in [0.25, 0.3) is 0 Å². The maximum atomic E-state index is 10.2. The number of carbonyl (C=O) groups excluding carboxylic acids is 1. The number of hydrogen-bond donors (Lipinski definition) is 1.